The molecule has 0 atom stereocenters. The van der Waals surface area contributed by atoms with Crippen molar-refractivity contribution in [3.63, 3.8) is 0 Å². The summed E-state index contributed by atoms with van der Waals surface area (Å²) >= 11 is 0. The fraction of sp³-hybridized carbons (Fsp3) is 0.643. The molecule has 1 aromatic heterocycles. The average Bonchev–Trinajstić information content (AvgIpc) is 3.15. The van der Waals surface area contributed by atoms with Gasteiger partial charge < -0.3 is 24.8 Å². The van der Waals surface area contributed by atoms with E-state index in [0.29, 0.717) is 0 Å². The highest BCUT2D eigenvalue weighted by atomic mass is 16.5. The van der Waals surface area contributed by atoms with Gasteiger partial charge in [-0.15, -0.1) is 0 Å². The summed E-state index contributed by atoms with van der Waals surface area (Å²) in [6.07, 6.45) is 9.69. The maximum absolute atomic E-state index is 5.85. The average molecular weight is 481 g/mol. The van der Waals surface area contributed by atoms with Crippen molar-refractivity contribution in [3.8, 4) is 5.75 Å². The van der Waals surface area contributed by atoms with Gasteiger partial charge in [0, 0.05) is 44.8 Å². The Labute approximate surface area is 211 Å². The lowest BCUT2D eigenvalue weighted by Gasteiger charge is -2.24. The Hall–Kier alpha value is -2.38. The summed E-state index contributed by atoms with van der Waals surface area (Å²) in [5.41, 5.74) is 3.96. The zero-order valence-corrected chi connectivity index (χ0v) is 22.1. The quantitative estimate of drug-likeness (QED) is 0.457. The number of ether oxygens (including phenoxy) is 1. The fourth-order valence-electron chi connectivity index (χ4n) is 5.05. The molecule has 2 heterocycles. The van der Waals surface area contributed by atoms with Crippen LogP contribution in [0.1, 0.15) is 55.3 Å². The standard InChI is InChI=1S/C28H44N6O/c1-32(2)17-9-21-35-24-14-12-23(13-15-24)22-33(3)20-16-29-28-30-26-11-8-10-25(26)27(31-28)34-18-6-4-5-7-19-34/h12-15H,4-11,16-22H2,1-3H3,(H,29,30,31). The summed E-state index contributed by atoms with van der Waals surface area (Å²) in [5.74, 6) is 2.95. The molecule has 35 heavy (non-hydrogen) atoms. The summed E-state index contributed by atoms with van der Waals surface area (Å²) in [6.45, 7) is 6.74. The first-order valence-electron chi connectivity index (χ1n) is 13.5. The molecule has 0 unspecified atom stereocenters. The third kappa shape index (κ3) is 7.80. The van der Waals surface area contributed by atoms with Crippen molar-refractivity contribution < 1.29 is 4.74 Å². The van der Waals surface area contributed by atoms with Gasteiger partial charge in [0.25, 0.3) is 0 Å². The van der Waals surface area contributed by atoms with Crippen LogP contribution in [-0.2, 0) is 19.4 Å². The number of nitrogens with zero attached hydrogens (tertiary/aromatic N) is 5. The van der Waals surface area contributed by atoms with Crippen molar-refractivity contribution in [2.24, 2.45) is 0 Å². The largest absolute Gasteiger partial charge is 0.494 e. The predicted molar refractivity (Wildman–Crippen MR) is 145 cm³/mol. The topological polar surface area (TPSA) is 56.8 Å². The molecule has 192 valence electrons. The smallest absolute Gasteiger partial charge is 0.224 e. The van der Waals surface area contributed by atoms with E-state index in [1.165, 1.54) is 54.7 Å². The van der Waals surface area contributed by atoms with E-state index in [0.717, 1.165) is 76.8 Å². The Morgan fingerprint density at radius 1 is 0.914 bits per heavy atom. The van der Waals surface area contributed by atoms with Crippen molar-refractivity contribution in [3.05, 3.63) is 41.1 Å². The molecule has 1 aliphatic carbocycles. The highest BCUT2D eigenvalue weighted by Gasteiger charge is 2.23. The van der Waals surface area contributed by atoms with Gasteiger partial charge in [0.15, 0.2) is 0 Å². The lowest BCUT2D eigenvalue weighted by atomic mass is 10.2. The molecule has 7 nitrogen and oxygen atoms in total. The molecule has 1 fully saturated rings. The molecule has 4 rings (SSSR count). The van der Waals surface area contributed by atoms with Crippen LogP contribution in [0.15, 0.2) is 24.3 Å². The van der Waals surface area contributed by atoms with Crippen LogP contribution in [0.3, 0.4) is 0 Å². The highest BCUT2D eigenvalue weighted by Crippen LogP contribution is 2.31. The number of benzene rings is 1. The summed E-state index contributed by atoms with van der Waals surface area (Å²) in [6, 6.07) is 8.50. The number of aromatic nitrogens is 2. The van der Waals surface area contributed by atoms with Crippen molar-refractivity contribution in [1.82, 2.24) is 19.8 Å². The van der Waals surface area contributed by atoms with E-state index in [2.05, 4.69) is 65.4 Å². The Balaban J connectivity index is 1.25. The van der Waals surface area contributed by atoms with Gasteiger partial charge in [-0.05, 0) is 77.4 Å². The molecule has 0 saturated carbocycles. The molecule has 1 aliphatic heterocycles. The van der Waals surface area contributed by atoms with Crippen LogP contribution in [0.5, 0.6) is 5.75 Å². The van der Waals surface area contributed by atoms with Crippen LogP contribution in [0, 0.1) is 0 Å². The fourth-order valence-corrected chi connectivity index (χ4v) is 5.05. The van der Waals surface area contributed by atoms with Crippen LogP contribution in [0.2, 0.25) is 0 Å². The van der Waals surface area contributed by atoms with E-state index in [-0.39, 0.29) is 0 Å². The van der Waals surface area contributed by atoms with Crippen LogP contribution < -0.4 is 15.0 Å². The second-order valence-electron chi connectivity index (χ2n) is 10.4. The van der Waals surface area contributed by atoms with E-state index in [9.17, 15) is 0 Å². The molecule has 2 aliphatic rings. The molecule has 7 heteroatoms. The monoisotopic (exact) mass is 480 g/mol. The number of likely N-dealkylation sites (N-methyl/N-ethyl adjacent to an activating group) is 1. The van der Waals surface area contributed by atoms with Gasteiger partial charge in [0.1, 0.15) is 11.6 Å². The minimum absolute atomic E-state index is 0.757. The van der Waals surface area contributed by atoms with Gasteiger partial charge in [-0.25, -0.2) is 4.98 Å². The maximum atomic E-state index is 5.85. The molecule has 0 spiro atoms. The normalized spacial score (nSPS) is 16.0. The highest BCUT2D eigenvalue weighted by molar-refractivity contribution is 5.54. The summed E-state index contributed by atoms with van der Waals surface area (Å²) in [7, 11) is 6.35. The molecule has 2 aromatic rings. The van der Waals surface area contributed by atoms with Crippen molar-refractivity contribution >= 4 is 11.8 Å². The molecular weight excluding hydrogens is 436 g/mol. The van der Waals surface area contributed by atoms with Crippen molar-refractivity contribution in [1.29, 1.82) is 0 Å². The van der Waals surface area contributed by atoms with E-state index >= 15 is 0 Å². The second-order valence-corrected chi connectivity index (χ2v) is 10.4. The van der Waals surface area contributed by atoms with Gasteiger partial charge in [-0.2, -0.15) is 4.98 Å². The Morgan fingerprint density at radius 2 is 1.69 bits per heavy atom. The molecule has 1 aromatic carbocycles. The number of anilines is 2. The van der Waals surface area contributed by atoms with Crippen LogP contribution in [-0.4, -0.2) is 80.2 Å². The molecule has 0 amide bonds. The van der Waals surface area contributed by atoms with Gasteiger partial charge in [0.05, 0.1) is 12.3 Å². The molecule has 1 saturated heterocycles. The lowest BCUT2D eigenvalue weighted by Crippen LogP contribution is -2.28. The molecule has 0 bridgehead atoms. The summed E-state index contributed by atoms with van der Waals surface area (Å²) in [5, 5.41) is 3.52. The van der Waals surface area contributed by atoms with E-state index < -0.39 is 0 Å². The number of aryl methyl sites for hydroxylation is 1. The third-order valence-electron chi connectivity index (χ3n) is 6.99. The SMILES string of the molecule is CN(C)CCCOc1ccc(CN(C)CCNc2nc3c(c(N4CCCCCC4)n2)CCC3)cc1. The van der Waals surface area contributed by atoms with E-state index in [4.69, 9.17) is 14.7 Å². The number of hydrogen-bond donors (Lipinski definition) is 1. The minimum atomic E-state index is 0.757. The first kappa shape index (κ1) is 25.7. The van der Waals surface area contributed by atoms with Crippen LogP contribution in [0.25, 0.3) is 0 Å². The first-order chi connectivity index (χ1) is 17.1. The Morgan fingerprint density at radius 3 is 2.43 bits per heavy atom. The zero-order chi connectivity index (χ0) is 24.5. The number of fused-ring (bicyclic) bond motifs is 1. The predicted octanol–water partition coefficient (Wildman–Crippen LogP) is 4.22. The number of hydrogen-bond acceptors (Lipinski definition) is 7. The van der Waals surface area contributed by atoms with Crippen LogP contribution in [0.4, 0.5) is 11.8 Å². The molecular formula is C28H44N6O. The second kappa shape index (κ2) is 13.1. The van der Waals surface area contributed by atoms with Crippen molar-refractivity contribution in [2.45, 2.75) is 57.9 Å². The van der Waals surface area contributed by atoms with Crippen LogP contribution >= 0.6 is 0 Å². The van der Waals surface area contributed by atoms with Gasteiger partial charge in [0.2, 0.25) is 5.95 Å². The lowest BCUT2D eigenvalue weighted by molar-refractivity contribution is 0.281. The minimum Gasteiger partial charge on any atom is -0.494 e. The third-order valence-corrected chi connectivity index (χ3v) is 6.99. The van der Waals surface area contributed by atoms with Gasteiger partial charge >= 0.3 is 0 Å². The van der Waals surface area contributed by atoms with E-state index in [1.807, 2.05) is 0 Å². The number of rotatable bonds is 12. The molecule has 0 radical (unpaired) electrons. The zero-order valence-electron chi connectivity index (χ0n) is 22.1. The Bertz CT molecular complexity index is 908. The Kier molecular flexibility index (Phi) is 9.60. The van der Waals surface area contributed by atoms with Gasteiger partial charge in [-0.1, -0.05) is 25.0 Å². The van der Waals surface area contributed by atoms with E-state index in [1.54, 1.807) is 0 Å². The van der Waals surface area contributed by atoms with Gasteiger partial charge in [-0.3, -0.25) is 0 Å². The summed E-state index contributed by atoms with van der Waals surface area (Å²) in [4.78, 5) is 16.9. The summed E-state index contributed by atoms with van der Waals surface area (Å²) < 4.78 is 5.85. The maximum Gasteiger partial charge on any atom is 0.224 e. The van der Waals surface area contributed by atoms with Crippen molar-refractivity contribution in [2.75, 3.05) is 70.7 Å². The number of nitrogens with one attached hydrogen (secondary N) is 1. The first-order valence-corrected chi connectivity index (χ1v) is 13.5. The molecule has 1 N–H and O–H groups in total.